The molecule has 4 nitrogen and oxygen atoms in total. The number of hydrogen-bond acceptors (Lipinski definition) is 5. The van der Waals surface area contributed by atoms with Crippen LogP contribution in [0.2, 0.25) is 0 Å². The molecule has 0 N–H and O–H groups in total. The van der Waals surface area contributed by atoms with Crippen molar-refractivity contribution in [1.82, 2.24) is 19.5 Å². The van der Waals surface area contributed by atoms with E-state index in [1.807, 2.05) is 78.1 Å². The highest BCUT2D eigenvalue weighted by molar-refractivity contribution is 7.80. The van der Waals surface area contributed by atoms with E-state index >= 15 is 0 Å². The maximum atomic E-state index is 5.07. The first kappa shape index (κ1) is 34.5. The standard InChI is InChI=1S/C52H34N4S2/c57-47-20-9-7-18-40(47)34-17-11-16-33(22-23-34)37-24-27-41-44-30-38(52-54-50(35-12-3-1-4-13-35)53-51(55-52)36-14-5-2-6-15-36)25-29-45(44)56(46(41)31-37)39-26-28-43-42-19-8-10-21-48(42)58-49(43)32-39/h1-10,12-15,18-22,24-32,34,57H,16,23H2. The number of rotatable bonds is 6. The lowest BCUT2D eigenvalue weighted by Gasteiger charge is -2.12. The van der Waals surface area contributed by atoms with E-state index in [1.54, 1.807) is 0 Å². The van der Waals surface area contributed by atoms with Gasteiger partial charge >= 0.3 is 0 Å². The molecule has 0 saturated carbocycles. The second kappa shape index (κ2) is 14.3. The molecule has 274 valence electrons. The zero-order chi connectivity index (χ0) is 38.6. The van der Waals surface area contributed by atoms with E-state index in [1.165, 1.54) is 42.3 Å². The zero-order valence-electron chi connectivity index (χ0n) is 31.3. The summed E-state index contributed by atoms with van der Waals surface area (Å²) in [6.07, 6.45) is 3.90. The van der Waals surface area contributed by atoms with Gasteiger partial charge < -0.3 is 4.57 Å². The van der Waals surface area contributed by atoms with E-state index in [4.69, 9.17) is 27.6 Å². The van der Waals surface area contributed by atoms with E-state index in [-0.39, 0.29) is 5.92 Å². The summed E-state index contributed by atoms with van der Waals surface area (Å²) < 4.78 is 4.99. The molecule has 0 fully saturated rings. The highest BCUT2D eigenvalue weighted by Crippen LogP contribution is 2.40. The Kier molecular flexibility index (Phi) is 8.50. The number of allylic oxidation sites excluding steroid dienone is 2. The van der Waals surface area contributed by atoms with Crippen molar-refractivity contribution in [2.75, 3.05) is 0 Å². The molecular formula is C52H34N4S2. The molecule has 3 aromatic heterocycles. The van der Waals surface area contributed by atoms with Crippen molar-refractivity contribution < 1.29 is 0 Å². The zero-order valence-corrected chi connectivity index (χ0v) is 33.0. The van der Waals surface area contributed by atoms with E-state index in [9.17, 15) is 0 Å². The number of aromatic nitrogens is 4. The lowest BCUT2D eigenvalue weighted by molar-refractivity contribution is 0.873. The molecule has 0 radical (unpaired) electrons. The van der Waals surface area contributed by atoms with Crippen LogP contribution in [0.1, 0.15) is 29.9 Å². The Morgan fingerprint density at radius 2 is 1.19 bits per heavy atom. The quantitative estimate of drug-likeness (QED) is 0.135. The fourth-order valence-electron chi connectivity index (χ4n) is 8.30. The average Bonchev–Trinajstić information content (AvgIpc) is 3.70. The Hall–Kier alpha value is -6.78. The summed E-state index contributed by atoms with van der Waals surface area (Å²) in [6.45, 7) is 0. The summed E-state index contributed by atoms with van der Waals surface area (Å²) in [7, 11) is 0. The van der Waals surface area contributed by atoms with Gasteiger partial charge in [-0.15, -0.1) is 24.0 Å². The van der Waals surface area contributed by atoms with Crippen molar-refractivity contribution in [2.45, 2.75) is 23.7 Å². The smallest absolute Gasteiger partial charge is 0.164 e. The molecule has 1 aliphatic carbocycles. The minimum absolute atomic E-state index is 0.119. The second-order valence-electron chi connectivity index (χ2n) is 14.7. The normalized spacial score (nSPS) is 14.1. The van der Waals surface area contributed by atoms with Crippen molar-refractivity contribution in [3.05, 3.63) is 181 Å². The van der Waals surface area contributed by atoms with Gasteiger partial charge in [-0.25, -0.2) is 15.0 Å². The van der Waals surface area contributed by atoms with Crippen LogP contribution in [-0.4, -0.2) is 19.5 Å². The maximum absolute atomic E-state index is 5.07. The molecule has 1 atom stereocenters. The monoisotopic (exact) mass is 778 g/mol. The second-order valence-corrected chi connectivity index (χ2v) is 16.3. The highest BCUT2D eigenvalue weighted by Gasteiger charge is 2.20. The number of thiol groups is 1. The molecule has 0 bridgehead atoms. The predicted octanol–water partition coefficient (Wildman–Crippen LogP) is 13.6. The molecule has 0 aliphatic heterocycles. The van der Waals surface area contributed by atoms with Gasteiger partial charge in [-0.2, -0.15) is 0 Å². The Bertz CT molecular complexity index is 3260. The third-order valence-electron chi connectivity index (χ3n) is 11.2. The number of thiophene rings is 1. The first-order chi connectivity index (χ1) is 28.6. The number of fused-ring (bicyclic) bond motifs is 6. The van der Waals surface area contributed by atoms with Crippen LogP contribution in [0.25, 0.3) is 87.4 Å². The Morgan fingerprint density at radius 1 is 0.534 bits per heavy atom. The molecular weight excluding hydrogens is 745 g/mol. The summed E-state index contributed by atoms with van der Waals surface area (Å²) in [4.78, 5) is 16.1. The number of nitrogens with zero attached hydrogens (tertiary/aromatic N) is 4. The molecule has 0 spiro atoms. The van der Waals surface area contributed by atoms with Crippen LogP contribution in [0.3, 0.4) is 0 Å². The van der Waals surface area contributed by atoms with Crippen LogP contribution in [0.5, 0.6) is 0 Å². The van der Waals surface area contributed by atoms with Gasteiger partial charge in [0.2, 0.25) is 0 Å². The molecule has 0 amide bonds. The van der Waals surface area contributed by atoms with Crippen LogP contribution in [-0.2, 0) is 0 Å². The molecule has 3 heterocycles. The van der Waals surface area contributed by atoms with Gasteiger partial charge in [-0.1, -0.05) is 133 Å². The summed E-state index contributed by atoms with van der Waals surface area (Å²) in [6, 6.07) is 57.7. The van der Waals surface area contributed by atoms with Crippen molar-refractivity contribution in [1.29, 1.82) is 0 Å². The summed E-state index contributed by atoms with van der Waals surface area (Å²) in [5, 5.41) is 4.88. The van der Waals surface area contributed by atoms with Gasteiger partial charge in [0.05, 0.1) is 11.0 Å². The Balaban J connectivity index is 1.09. The minimum Gasteiger partial charge on any atom is -0.309 e. The van der Waals surface area contributed by atoms with Crippen molar-refractivity contribution in [2.24, 2.45) is 0 Å². The maximum Gasteiger partial charge on any atom is 0.164 e. The summed E-state index contributed by atoms with van der Waals surface area (Å²) >= 11 is 6.60. The third kappa shape index (κ3) is 6.08. The summed E-state index contributed by atoms with van der Waals surface area (Å²) in [5.41, 5.74) is 9.84. The van der Waals surface area contributed by atoms with E-state index < -0.39 is 0 Å². The molecule has 6 heteroatoms. The fraction of sp³-hybridized carbons (Fsp3) is 0.0577. The molecule has 11 rings (SSSR count). The molecule has 7 aromatic carbocycles. The molecule has 1 unspecified atom stereocenters. The van der Waals surface area contributed by atoms with Crippen LogP contribution >= 0.6 is 24.0 Å². The van der Waals surface area contributed by atoms with Gasteiger partial charge in [0, 0.05) is 70.6 Å². The first-order valence-corrected chi connectivity index (χ1v) is 20.7. The number of benzene rings is 7. The average molecular weight is 779 g/mol. The molecule has 58 heavy (non-hydrogen) atoms. The lowest BCUT2D eigenvalue weighted by atomic mass is 9.95. The van der Waals surface area contributed by atoms with E-state index in [2.05, 4.69) is 120 Å². The highest BCUT2D eigenvalue weighted by atomic mass is 32.1. The largest absolute Gasteiger partial charge is 0.309 e. The SMILES string of the molecule is Sc1ccccc1C1C#CCC(c2ccc3c4cc(-c5nc(-c6ccccc6)nc(-c6ccccc6)n5)ccc4n(-c4ccc5c(c4)sc4ccccc45)c3c2)=CC1. The van der Waals surface area contributed by atoms with Gasteiger partial charge in [-0.3, -0.25) is 0 Å². The molecule has 0 saturated heterocycles. The molecule has 1 aliphatic rings. The van der Waals surface area contributed by atoms with Gasteiger partial charge in [0.1, 0.15) is 0 Å². The van der Waals surface area contributed by atoms with Crippen LogP contribution < -0.4 is 0 Å². The predicted molar refractivity (Wildman–Crippen MR) is 245 cm³/mol. The minimum atomic E-state index is 0.119. The van der Waals surface area contributed by atoms with Gasteiger partial charge in [-0.05, 0) is 71.7 Å². The Morgan fingerprint density at radius 3 is 1.97 bits per heavy atom. The van der Waals surface area contributed by atoms with E-state index in [0.717, 1.165) is 50.1 Å². The molecule has 10 aromatic rings. The van der Waals surface area contributed by atoms with Crippen molar-refractivity contribution in [3.63, 3.8) is 0 Å². The lowest BCUT2D eigenvalue weighted by Crippen LogP contribution is -2.00. The topological polar surface area (TPSA) is 43.6 Å². The number of hydrogen-bond donors (Lipinski definition) is 1. The van der Waals surface area contributed by atoms with Crippen molar-refractivity contribution in [3.8, 4) is 51.7 Å². The third-order valence-corrected chi connectivity index (χ3v) is 12.7. The van der Waals surface area contributed by atoms with E-state index in [0.29, 0.717) is 23.9 Å². The van der Waals surface area contributed by atoms with Crippen LogP contribution in [0.4, 0.5) is 0 Å². The summed E-state index contributed by atoms with van der Waals surface area (Å²) in [5.74, 6) is 9.10. The first-order valence-electron chi connectivity index (χ1n) is 19.5. The Labute approximate surface area is 345 Å². The van der Waals surface area contributed by atoms with Gasteiger partial charge in [0.25, 0.3) is 0 Å². The van der Waals surface area contributed by atoms with Gasteiger partial charge in [0.15, 0.2) is 17.5 Å². The van der Waals surface area contributed by atoms with Crippen LogP contribution in [0.15, 0.2) is 175 Å². The van der Waals surface area contributed by atoms with Crippen LogP contribution in [0, 0.1) is 11.8 Å². The van der Waals surface area contributed by atoms with Crippen molar-refractivity contribution >= 4 is 71.5 Å². The fourth-order valence-corrected chi connectivity index (χ4v) is 9.75.